The number of nitrogens with zero attached hydrogens (tertiary/aromatic N) is 2. The molecule has 0 bridgehead atoms. The average Bonchev–Trinajstić information content (AvgIpc) is 2.89. The number of aromatic amines is 1. The number of carbonyl (C=O) groups excluding carboxylic acids is 1. The number of amides is 1. The predicted octanol–water partition coefficient (Wildman–Crippen LogP) is 3.98. The minimum atomic E-state index is -0.469. The zero-order chi connectivity index (χ0) is 16.6. The monoisotopic (exact) mass is 313 g/mol. The third kappa shape index (κ3) is 3.23. The van der Waals surface area contributed by atoms with Gasteiger partial charge in [-0.1, -0.05) is 6.08 Å². The van der Waals surface area contributed by atoms with E-state index in [2.05, 4.69) is 29.0 Å². The summed E-state index contributed by atoms with van der Waals surface area (Å²) in [6, 6.07) is 4.12. The number of hydrogen-bond donors (Lipinski definition) is 1. The van der Waals surface area contributed by atoms with Crippen LogP contribution in [-0.2, 0) is 4.74 Å². The van der Waals surface area contributed by atoms with E-state index < -0.39 is 5.60 Å². The molecule has 0 fully saturated rings. The molecule has 1 aliphatic heterocycles. The molecule has 122 valence electrons. The largest absolute Gasteiger partial charge is 0.444 e. The molecule has 1 amide bonds. The molecule has 1 aliphatic rings. The zero-order valence-electron chi connectivity index (χ0n) is 14.1. The van der Waals surface area contributed by atoms with Crippen LogP contribution in [0.3, 0.4) is 0 Å². The number of pyridine rings is 1. The molecule has 0 saturated carbocycles. The Morgan fingerprint density at radius 3 is 2.91 bits per heavy atom. The number of carbonyl (C=O) groups is 1. The lowest BCUT2D eigenvalue weighted by molar-refractivity contribution is 0.0199. The van der Waals surface area contributed by atoms with Gasteiger partial charge in [0.25, 0.3) is 0 Å². The van der Waals surface area contributed by atoms with Gasteiger partial charge in [-0.05, 0) is 51.8 Å². The molecule has 1 unspecified atom stereocenters. The molecule has 3 rings (SSSR count). The quantitative estimate of drug-likeness (QED) is 0.866. The van der Waals surface area contributed by atoms with Crippen molar-refractivity contribution in [1.82, 2.24) is 14.9 Å². The highest BCUT2D eigenvalue weighted by Crippen LogP contribution is 2.31. The molecule has 0 radical (unpaired) electrons. The summed E-state index contributed by atoms with van der Waals surface area (Å²) in [6.07, 6.45) is 6.45. The standard InChI is InChI=1S/C18H23N3O2/c1-12-10-13(7-9-21(12)17(22)23-18(2,3)4)15-11-20-16-14(15)6-5-8-19-16/h5-8,11-12H,9-10H2,1-4H3,(H,19,20). The number of hydrogen-bond acceptors (Lipinski definition) is 3. The summed E-state index contributed by atoms with van der Waals surface area (Å²) in [5.74, 6) is 0. The topological polar surface area (TPSA) is 58.2 Å². The number of aromatic nitrogens is 2. The lowest BCUT2D eigenvalue weighted by Crippen LogP contribution is -2.44. The minimum Gasteiger partial charge on any atom is -0.444 e. The summed E-state index contributed by atoms with van der Waals surface area (Å²) in [4.78, 5) is 21.6. The van der Waals surface area contributed by atoms with Gasteiger partial charge < -0.3 is 14.6 Å². The van der Waals surface area contributed by atoms with Crippen LogP contribution >= 0.6 is 0 Å². The van der Waals surface area contributed by atoms with Gasteiger partial charge in [0.2, 0.25) is 0 Å². The Kier molecular flexibility index (Phi) is 3.88. The summed E-state index contributed by atoms with van der Waals surface area (Å²) in [6.45, 7) is 8.29. The van der Waals surface area contributed by atoms with Gasteiger partial charge in [0, 0.05) is 35.9 Å². The van der Waals surface area contributed by atoms with Gasteiger partial charge in [0.05, 0.1) is 0 Å². The van der Waals surface area contributed by atoms with Crippen LogP contribution in [-0.4, -0.2) is 39.1 Å². The van der Waals surface area contributed by atoms with Crippen LogP contribution in [0.25, 0.3) is 16.6 Å². The van der Waals surface area contributed by atoms with E-state index in [4.69, 9.17) is 4.74 Å². The molecule has 23 heavy (non-hydrogen) atoms. The maximum Gasteiger partial charge on any atom is 0.410 e. The SMILES string of the molecule is CC1CC(c2c[nH]c3ncccc23)=CCN1C(=O)OC(C)(C)C. The Bertz CT molecular complexity index is 755. The first kappa shape index (κ1) is 15.6. The summed E-state index contributed by atoms with van der Waals surface area (Å²) in [5, 5.41) is 1.12. The van der Waals surface area contributed by atoms with Crippen LogP contribution < -0.4 is 0 Å². The van der Waals surface area contributed by atoms with Crippen molar-refractivity contribution >= 4 is 22.7 Å². The Labute approximate surface area is 136 Å². The van der Waals surface area contributed by atoms with Crippen LogP contribution in [0, 0.1) is 0 Å². The van der Waals surface area contributed by atoms with Crippen LogP contribution in [0.15, 0.2) is 30.6 Å². The average molecular weight is 313 g/mol. The molecule has 0 saturated heterocycles. The summed E-state index contributed by atoms with van der Waals surface area (Å²) < 4.78 is 5.49. The van der Waals surface area contributed by atoms with Gasteiger partial charge in [-0.2, -0.15) is 0 Å². The van der Waals surface area contributed by atoms with Crippen molar-refractivity contribution in [3.8, 4) is 0 Å². The first-order chi connectivity index (χ1) is 10.8. The second-order valence-corrected chi connectivity index (χ2v) is 7.02. The lowest BCUT2D eigenvalue weighted by atomic mass is 9.95. The van der Waals surface area contributed by atoms with E-state index >= 15 is 0 Å². The molecule has 2 aromatic rings. The Morgan fingerprint density at radius 1 is 1.43 bits per heavy atom. The van der Waals surface area contributed by atoms with Crippen molar-refractivity contribution in [3.63, 3.8) is 0 Å². The van der Waals surface area contributed by atoms with E-state index in [9.17, 15) is 4.79 Å². The van der Waals surface area contributed by atoms with Gasteiger partial charge in [-0.15, -0.1) is 0 Å². The molecule has 0 aliphatic carbocycles. The highest BCUT2D eigenvalue weighted by molar-refractivity contribution is 5.91. The van der Waals surface area contributed by atoms with Gasteiger partial charge in [-0.25, -0.2) is 9.78 Å². The first-order valence-electron chi connectivity index (χ1n) is 7.96. The minimum absolute atomic E-state index is 0.103. The highest BCUT2D eigenvalue weighted by Gasteiger charge is 2.29. The molecule has 0 aromatic carbocycles. The van der Waals surface area contributed by atoms with Crippen molar-refractivity contribution in [2.75, 3.05) is 6.54 Å². The van der Waals surface area contributed by atoms with E-state index in [1.54, 1.807) is 11.1 Å². The van der Waals surface area contributed by atoms with Gasteiger partial charge >= 0.3 is 6.09 Å². The van der Waals surface area contributed by atoms with Gasteiger partial charge in [0.1, 0.15) is 11.2 Å². The summed E-state index contributed by atoms with van der Waals surface area (Å²) in [5.41, 5.74) is 2.84. The normalized spacial score (nSPS) is 18.9. The van der Waals surface area contributed by atoms with E-state index in [0.29, 0.717) is 6.54 Å². The first-order valence-corrected chi connectivity index (χ1v) is 7.96. The molecule has 0 spiro atoms. The fourth-order valence-corrected chi connectivity index (χ4v) is 2.92. The second-order valence-electron chi connectivity index (χ2n) is 7.02. The van der Waals surface area contributed by atoms with Crippen molar-refractivity contribution in [1.29, 1.82) is 0 Å². The Balaban J connectivity index is 1.82. The van der Waals surface area contributed by atoms with Crippen LogP contribution in [0.2, 0.25) is 0 Å². The second kappa shape index (κ2) is 5.72. The number of H-pyrrole nitrogens is 1. The van der Waals surface area contributed by atoms with Crippen molar-refractivity contribution < 1.29 is 9.53 Å². The van der Waals surface area contributed by atoms with Crippen LogP contribution in [0.5, 0.6) is 0 Å². The van der Waals surface area contributed by atoms with Crippen molar-refractivity contribution in [2.24, 2.45) is 0 Å². The van der Waals surface area contributed by atoms with E-state index in [-0.39, 0.29) is 12.1 Å². The molecule has 5 nitrogen and oxygen atoms in total. The highest BCUT2D eigenvalue weighted by atomic mass is 16.6. The Morgan fingerprint density at radius 2 is 2.22 bits per heavy atom. The van der Waals surface area contributed by atoms with Crippen LogP contribution in [0.1, 0.15) is 39.7 Å². The fraction of sp³-hybridized carbons (Fsp3) is 0.444. The number of rotatable bonds is 1. The summed E-state index contributed by atoms with van der Waals surface area (Å²) >= 11 is 0. The number of nitrogens with one attached hydrogen (secondary N) is 1. The maximum atomic E-state index is 12.3. The van der Waals surface area contributed by atoms with Crippen molar-refractivity contribution in [2.45, 2.75) is 45.8 Å². The molecule has 1 atom stereocenters. The third-order valence-electron chi connectivity index (χ3n) is 4.01. The summed E-state index contributed by atoms with van der Waals surface area (Å²) in [7, 11) is 0. The molecular formula is C18H23N3O2. The molecule has 3 heterocycles. The van der Waals surface area contributed by atoms with Gasteiger partial charge in [0.15, 0.2) is 0 Å². The zero-order valence-corrected chi connectivity index (χ0v) is 14.1. The van der Waals surface area contributed by atoms with E-state index in [1.807, 2.05) is 33.0 Å². The maximum absolute atomic E-state index is 12.3. The number of fused-ring (bicyclic) bond motifs is 1. The lowest BCUT2D eigenvalue weighted by Gasteiger charge is -2.34. The molecular weight excluding hydrogens is 290 g/mol. The smallest absolute Gasteiger partial charge is 0.410 e. The van der Waals surface area contributed by atoms with E-state index in [1.165, 1.54) is 11.1 Å². The Hall–Kier alpha value is -2.30. The molecule has 1 N–H and O–H groups in total. The third-order valence-corrected chi connectivity index (χ3v) is 4.01. The van der Waals surface area contributed by atoms with Crippen LogP contribution in [0.4, 0.5) is 4.79 Å². The number of ether oxygens (including phenoxy) is 1. The van der Waals surface area contributed by atoms with E-state index in [0.717, 1.165) is 17.5 Å². The predicted molar refractivity (Wildman–Crippen MR) is 91.1 cm³/mol. The molecule has 5 heteroatoms. The molecule has 2 aromatic heterocycles. The van der Waals surface area contributed by atoms with Crippen molar-refractivity contribution in [3.05, 3.63) is 36.2 Å². The fourth-order valence-electron chi connectivity index (χ4n) is 2.92. The van der Waals surface area contributed by atoms with Gasteiger partial charge in [-0.3, -0.25) is 0 Å².